The Labute approximate surface area is 161 Å². The van der Waals surface area contributed by atoms with Gasteiger partial charge in [0.15, 0.2) is 0 Å². The molecule has 0 bridgehead atoms. The van der Waals surface area contributed by atoms with Crippen molar-refractivity contribution in [2.45, 2.75) is 61.8 Å². The van der Waals surface area contributed by atoms with E-state index in [4.69, 9.17) is 0 Å². The maximum atomic E-state index is 14.2. The van der Waals surface area contributed by atoms with E-state index in [-0.39, 0.29) is 5.82 Å². The second kappa shape index (κ2) is 7.72. The van der Waals surface area contributed by atoms with Crippen LogP contribution < -0.4 is 0 Å². The lowest BCUT2D eigenvalue weighted by Crippen LogP contribution is -2.31. The summed E-state index contributed by atoms with van der Waals surface area (Å²) in [5.74, 6) is 0.214. The molecule has 1 saturated heterocycles. The highest BCUT2D eigenvalue weighted by Crippen LogP contribution is 2.38. The maximum Gasteiger partial charge on any atom is 0.243 e. The van der Waals surface area contributed by atoms with Gasteiger partial charge in [-0.05, 0) is 55.4 Å². The van der Waals surface area contributed by atoms with Crippen molar-refractivity contribution >= 4 is 10.0 Å². The van der Waals surface area contributed by atoms with Gasteiger partial charge in [0.1, 0.15) is 5.82 Å². The van der Waals surface area contributed by atoms with Gasteiger partial charge in [0.25, 0.3) is 0 Å². The van der Waals surface area contributed by atoms with Crippen molar-refractivity contribution in [3.63, 3.8) is 0 Å². The molecule has 5 heteroatoms. The van der Waals surface area contributed by atoms with Gasteiger partial charge in [0.2, 0.25) is 10.0 Å². The van der Waals surface area contributed by atoms with Gasteiger partial charge in [-0.2, -0.15) is 4.31 Å². The Morgan fingerprint density at radius 1 is 0.852 bits per heavy atom. The zero-order chi connectivity index (χ0) is 18.9. The van der Waals surface area contributed by atoms with Gasteiger partial charge < -0.3 is 0 Å². The van der Waals surface area contributed by atoms with E-state index in [2.05, 4.69) is 0 Å². The van der Waals surface area contributed by atoms with Crippen LogP contribution in [0.3, 0.4) is 0 Å². The predicted molar refractivity (Wildman–Crippen MR) is 105 cm³/mol. The van der Waals surface area contributed by atoms with Gasteiger partial charge in [-0.3, -0.25) is 0 Å². The van der Waals surface area contributed by atoms with Crippen molar-refractivity contribution in [2.75, 3.05) is 6.54 Å². The molecule has 0 N–H and O–H groups in total. The van der Waals surface area contributed by atoms with Crippen LogP contribution >= 0.6 is 0 Å². The van der Waals surface area contributed by atoms with Crippen LogP contribution in [0.4, 0.5) is 4.39 Å². The molecule has 144 valence electrons. The van der Waals surface area contributed by atoms with Crippen molar-refractivity contribution in [2.24, 2.45) is 0 Å². The van der Waals surface area contributed by atoms with Gasteiger partial charge in [-0.25, -0.2) is 12.8 Å². The molecule has 27 heavy (non-hydrogen) atoms. The highest BCUT2D eigenvalue weighted by molar-refractivity contribution is 7.89. The first kappa shape index (κ1) is 18.6. The summed E-state index contributed by atoms with van der Waals surface area (Å²) in [4.78, 5) is 0.310. The van der Waals surface area contributed by atoms with Crippen molar-refractivity contribution in [3.8, 4) is 0 Å². The summed E-state index contributed by atoms with van der Waals surface area (Å²) in [6, 6.07) is 13.5. The average molecular weight is 388 g/mol. The van der Waals surface area contributed by atoms with Gasteiger partial charge in [-0.15, -0.1) is 0 Å². The number of halogens is 1. The average Bonchev–Trinajstić information content (AvgIpc) is 3.20. The SMILES string of the molecule is O=S(=O)(c1ccc(C2CCCCC2)cc1)N1CCCC1c1ccccc1F. The molecule has 4 rings (SSSR count). The Hall–Kier alpha value is -1.72. The normalized spacial score (nSPS) is 22.2. The molecular formula is C22H26FNO2S. The fraction of sp³-hybridized carbons (Fsp3) is 0.455. The minimum Gasteiger partial charge on any atom is -0.207 e. The largest absolute Gasteiger partial charge is 0.243 e. The molecule has 0 spiro atoms. The van der Waals surface area contributed by atoms with Crippen LogP contribution in [0.25, 0.3) is 0 Å². The summed E-state index contributed by atoms with van der Waals surface area (Å²) in [6.07, 6.45) is 7.58. The number of hydrogen-bond acceptors (Lipinski definition) is 2. The summed E-state index contributed by atoms with van der Waals surface area (Å²) in [7, 11) is -3.63. The summed E-state index contributed by atoms with van der Waals surface area (Å²) in [6.45, 7) is 0.436. The van der Waals surface area contributed by atoms with E-state index in [9.17, 15) is 12.8 Å². The monoisotopic (exact) mass is 387 g/mol. The molecule has 0 amide bonds. The standard InChI is InChI=1S/C22H26FNO2S/c23-21-10-5-4-9-20(21)22-11-6-16-24(22)27(25,26)19-14-12-18(13-15-19)17-7-2-1-3-8-17/h4-5,9-10,12-15,17,22H,1-3,6-8,11,16H2. The predicted octanol–water partition coefficient (Wildman–Crippen LogP) is 5.40. The van der Waals surface area contributed by atoms with Crippen molar-refractivity contribution in [1.29, 1.82) is 0 Å². The van der Waals surface area contributed by atoms with Gasteiger partial charge in [0, 0.05) is 12.1 Å². The Balaban J connectivity index is 1.59. The summed E-state index contributed by atoms with van der Waals surface area (Å²) in [5.41, 5.74) is 1.71. The Morgan fingerprint density at radius 2 is 1.56 bits per heavy atom. The van der Waals surface area contributed by atoms with Crippen LogP contribution in [0.2, 0.25) is 0 Å². The first-order chi connectivity index (χ1) is 13.1. The molecule has 2 aliphatic rings. The summed E-state index contributed by atoms with van der Waals surface area (Å²) in [5, 5.41) is 0. The molecule has 1 aliphatic heterocycles. The molecule has 1 atom stereocenters. The fourth-order valence-electron chi connectivity index (χ4n) is 4.57. The molecule has 2 aromatic rings. The van der Waals surface area contributed by atoms with E-state index < -0.39 is 16.1 Å². The number of rotatable bonds is 4. The quantitative estimate of drug-likeness (QED) is 0.704. The number of benzene rings is 2. The molecule has 1 unspecified atom stereocenters. The summed E-state index contributed by atoms with van der Waals surface area (Å²) >= 11 is 0. The van der Waals surface area contributed by atoms with E-state index >= 15 is 0 Å². The third-order valence-corrected chi connectivity index (χ3v) is 7.95. The highest BCUT2D eigenvalue weighted by Gasteiger charge is 2.37. The third kappa shape index (κ3) is 3.67. The van der Waals surface area contributed by atoms with Crippen molar-refractivity contribution in [3.05, 3.63) is 65.5 Å². The molecule has 0 radical (unpaired) electrons. The molecule has 2 aromatic carbocycles. The smallest absolute Gasteiger partial charge is 0.207 e. The van der Waals surface area contributed by atoms with E-state index in [1.54, 1.807) is 30.3 Å². The molecule has 3 nitrogen and oxygen atoms in total. The third-order valence-electron chi connectivity index (χ3n) is 6.03. The van der Waals surface area contributed by atoms with E-state index in [1.807, 2.05) is 12.1 Å². The van der Waals surface area contributed by atoms with Gasteiger partial charge >= 0.3 is 0 Å². The Kier molecular flexibility index (Phi) is 5.33. The second-order valence-corrected chi connectivity index (χ2v) is 9.59. The van der Waals surface area contributed by atoms with Crippen molar-refractivity contribution < 1.29 is 12.8 Å². The lowest BCUT2D eigenvalue weighted by molar-refractivity contribution is 0.386. The molecule has 0 aromatic heterocycles. The van der Waals surface area contributed by atoms with E-state index in [1.165, 1.54) is 48.0 Å². The van der Waals surface area contributed by atoms with Crippen LogP contribution in [0.15, 0.2) is 53.4 Å². The highest BCUT2D eigenvalue weighted by atomic mass is 32.2. The number of nitrogens with zero attached hydrogens (tertiary/aromatic N) is 1. The molecular weight excluding hydrogens is 361 g/mol. The molecule has 1 aliphatic carbocycles. The first-order valence-corrected chi connectivity index (χ1v) is 11.4. The van der Waals surface area contributed by atoms with Gasteiger partial charge in [0.05, 0.1) is 10.9 Å². The van der Waals surface area contributed by atoms with Crippen LogP contribution in [-0.2, 0) is 10.0 Å². The van der Waals surface area contributed by atoms with Crippen LogP contribution in [0.1, 0.15) is 68.0 Å². The lowest BCUT2D eigenvalue weighted by Gasteiger charge is -2.25. The Bertz CT molecular complexity index is 889. The number of sulfonamides is 1. The Morgan fingerprint density at radius 3 is 2.26 bits per heavy atom. The zero-order valence-corrected chi connectivity index (χ0v) is 16.3. The van der Waals surface area contributed by atoms with Crippen LogP contribution in [0.5, 0.6) is 0 Å². The van der Waals surface area contributed by atoms with Crippen molar-refractivity contribution in [1.82, 2.24) is 4.31 Å². The summed E-state index contributed by atoms with van der Waals surface area (Å²) < 4.78 is 42.2. The molecule has 1 heterocycles. The first-order valence-electron chi connectivity index (χ1n) is 9.93. The van der Waals surface area contributed by atoms with E-state index in [0.717, 1.165) is 6.42 Å². The van der Waals surface area contributed by atoms with Crippen LogP contribution in [0, 0.1) is 5.82 Å². The van der Waals surface area contributed by atoms with Gasteiger partial charge in [-0.1, -0.05) is 49.6 Å². The fourth-order valence-corrected chi connectivity index (χ4v) is 6.24. The van der Waals surface area contributed by atoms with Crippen LogP contribution in [-0.4, -0.2) is 19.3 Å². The van der Waals surface area contributed by atoms with E-state index in [0.29, 0.717) is 29.3 Å². The molecule has 1 saturated carbocycles. The number of hydrogen-bond donors (Lipinski definition) is 0. The zero-order valence-electron chi connectivity index (χ0n) is 15.5. The maximum absolute atomic E-state index is 14.2. The second-order valence-electron chi connectivity index (χ2n) is 7.70. The topological polar surface area (TPSA) is 37.4 Å². The minimum atomic E-state index is -3.63. The lowest BCUT2D eigenvalue weighted by atomic mass is 9.84. The molecule has 2 fully saturated rings. The minimum absolute atomic E-state index is 0.310.